The molecule has 2 unspecified atom stereocenters. The Kier molecular flexibility index (Phi) is 2.13. The largest absolute Gasteiger partial charge is 0.396 e. The van der Waals surface area contributed by atoms with Gasteiger partial charge in [0.2, 0.25) is 0 Å². The van der Waals surface area contributed by atoms with Crippen LogP contribution in [0.15, 0.2) is 0 Å². The fourth-order valence-electron chi connectivity index (χ4n) is 2.91. The number of nitrogens with two attached hydrogens (primary N) is 1. The first-order valence-corrected chi connectivity index (χ1v) is 5.04. The SMILES string of the molecule is COCC1(C2CC2)CC1(CN)CO. The lowest BCUT2D eigenvalue weighted by molar-refractivity contribution is 0.0788. The summed E-state index contributed by atoms with van der Waals surface area (Å²) < 4.78 is 5.26. The molecule has 0 aromatic heterocycles. The molecule has 0 amide bonds. The van der Waals surface area contributed by atoms with Gasteiger partial charge in [-0.25, -0.2) is 0 Å². The van der Waals surface area contributed by atoms with Gasteiger partial charge in [-0.15, -0.1) is 0 Å². The Balaban J connectivity index is 2.09. The maximum absolute atomic E-state index is 9.36. The van der Waals surface area contributed by atoms with Crippen LogP contribution in [0.25, 0.3) is 0 Å². The van der Waals surface area contributed by atoms with E-state index in [4.69, 9.17) is 10.5 Å². The van der Waals surface area contributed by atoms with E-state index in [1.807, 2.05) is 0 Å². The zero-order valence-electron chi connectivity index (χ0n) is 8.25. The molecule has 0 bridgehead atoms. The van der Waals surface area contributed by atoms with Gasteiger partial charge in [0, 0.05) is 24.5 Å². The third-order valence-electron chi connectivity index (χ3n) is 4.04. The van der Waals surface area contributed by atoms with Crippen LogP contribution in [0, 0.1) is 16.7 Å². The zero-order valence-corrected chi connectivity index (χ0v) is 8.25. The average Bonchev–Trinajstić information content (AvgIpc) is 3.00. The standard InChI is InChI=1S/C10H19NO2/c1-13-7-10(8-2-3-8)4-9(10,5-11)6-12/h8,12H,2-7,11H2,1H3. The summed E-state index contributed by atoms with van der Waals surface area (Å²) in [6, 6.07) is 0. The molecule has 2 rings (SSSR count). The lowest BCUT2D eigenvalue weighted by Gasteiger charge is -2.22. The van der Waals surface area contributed by atoms with Gasteiger partial charge < -0.3 is 15.6 Å². The zero-order chi connectivity index (χ0) is 9.53. The second-order valence-electron chi connectivity index (χ2n) is 4.68. The molecule has 2 aliphatic rings. The Morgan fingerprint density at radius 1 is 1.54 bits per heavy atom. The van der Waals surface area contributed by atoms with Gasteiger partial charge >= 0.3 is 0 Å². The van der Waals surface area contributed by atoms with E-state index in [0.717, 1.165) is 18.9 Å². The predicted molar refractivity (Wildman–Crippen MR) is 50.2 cm³/mol. The summed E-state index contributed by atoms with van der Waals surface area (Å²) in [6.45, 7) is 1.60. The molecule has 2 saturated carbocycles. The van der Waals surface area contributed by atoms with E-state index in [1.165, 1.54) is 12.8 Å². The molecule has 3 heteroatoms. The summed E-state index contributed by atoms with van der Waals surface area (Å²) in [7, 11) is 1.74. The second kappa shape index (κ2) is 2.94. The van der Waals surface area contributed by atoms with Crippen LogP contribution in [0.2, 0.25) is 0 Å². The lowest BCUT2D eigenvalue weighted by Crippen LogP contribution is -2.31. The summed E-state index contributed by atoms with van der Waals surface area (Å²) in [5, 5.41) is 9.36. The molecule has 0 radical (unpaired) electrons. The van der Waals surface area contributed by atoms with E-state index in [2.05, 4.69) is 0 Å². The molecule has 3 nitrogen and oxygen atoms in total. The fraction of sp³-hybridized carbons (Fsp3) is 1.00. The van der Waals surface area contributed by atoms with Gasteiger partial charge in [-0.05, 0) is 25.2 Å². The molecule has 0 aliphatic heterocycles. The van der Waals surface area contributed by atoms with Gasteiger partial charge in [0.1, 0.15) is 0 Å². The van der Waals surface area contributed by atoms with Crippen LogP contribution in [0.5, 0.6) is 0 Å². The van der Waals surface area contributed by atoms with Crippen LogP contribution in [0.3, 0.4) is 0 Å². The molecule has 76 valence electrons. The topological polar surface area (TPSA) is 55.5 Å². The minimum absolute atomic E-state index is 0.00975. The van der Waals surface area contributed by atoms with E-state index in [1.54, 1.807) is 7.11 Å². The van der Waals surface area contributed by atoms with Crippen LogP contribution >= 0.6 is 0 Å². The molecule has 0 aromatic rings. The fourth-order valence-corrected chi connectivity index (χ4v) is 2.91. The average molecular weight is 185 g/mol. The predicted octanol–water partition coefficient (Wildman–Crippen LogP) is 0.370. The minimum atomic E-state index is -0.00975. The Morgan fingerprint density at radius 2 is 2.23 bits per heavy atom. The highest BCUT2D eigenvalue weighted by Crippen LogP contribution is 2.72. The molecule has 0 aromatic carbocycles. The molecular formula is C10H19NO2. The number of aliphatic hydroxyl groups is 1. The third-order valence-corrected chi connectivity index (χ3v) is 4.04. The second-order valence-corrected chi connectivity index (χ2v) is 4.68. The first kappa shape index (κ1) is 9.44. The number of hydrogen-bond acceptors (Lipinski definition) is 3. The summed E-state index contributed by atoms with van der Waals surface area (Å²) >= 11 is 0. The van der Waals surface area contributed by atoms with Crippen LogP contribution in [0.1, 0.15) is 19.3 Å². The van der Waals surface area contributed by atoms with Crippen molar-refractivity contribution in [3.63, 3.8) is 0 Å². The number of aliphatic hydroxyl groups excluding tert-OH is 1. The van der Waals surface area contributed by atoms with Gasteiger partial charge in [0.05, 0.1) is 13.2 Å². The minimum Gasteiger partial charge on any atom is -0.396 e. The summed E-state index contributed by atoms with van der Waals surface area (Å²) in [4.78, 5) is 0. The van der Waals surface area contributed by atoms with Crippen LogP contribution in [-0.2, 0) is 4.74 Å². The molecule has 2 fully saturated rings. The van der Waals surface area contributed by atoms with Crippen molar-refractivity contribution >= 4 is 0 Å². The quantitative estimate of drug-likeness (QED) is 0.650. The van der Waals surface area contributed by atoms with Crippen molar-refractivity contribution < 1.29 is 9.84 Å². The van der Waals surface area contributed by atoms with Crippen LogP contribution in [0.4, 0.5) is 0 Å². The summed E-state index contributed by atoms with van der Waals surface area (Å²) in [5.74, 6) is 0.767. The maximum atomic E-state index is 9.36. The Hall–Kier alpha value is -0.120. The first-order chi connectivity index (χ1) is 6.24. The van der Waals surface area contributed by atoms with E-state index in [0.29, 0.717) is 6.54 Å². The molecule has 0 spiro atoms. The molecular weight excluding hydrogens is 166 g/mol. The number of ether oxygens (including phenoxy) is 1. The Morgan fingerprint density at radius 3 is 2.54 bits per heavy atom. The van der Waals surface area contributed by atoms with E-state index >= 15 is 0 Å². The monoisotopic (exact) mass is 185 g/mol. The summed E-state index contributed by atoms with van der Waals surface area (Å²) in [5.41, 5.74) is 5.95. The number of methoxy groups -OCH3 is 1. The highest BCUT2D eigenvalue weighted by Gasteiger charge is 2.71. The Labute approximate surface area is 79.3 Å². The van der Waals surface area contributed by atoms with Crippen LogP contribution in [-0.4, -0.2) is 32.0 Å². The van der Waals surface area contributed by atoms with Crippen molar-refractivity contribution in [2.75, 3.05) is 26.9 Å². The molecule has 0 heterocycles. The lowest BCUT2D eigenvalue weighted by atomic mass is 9.89. The third kappa shape index (κ3) is 1.14. The Bertz CT molecular complexity index is 199. The normalized spacial score (nSPS) is 43.6. The van der Waals surface area contributed by atoms with Crippen molar-refractivity contribution in [3.8, 4) is 0 Å². The van der Waals surface area contributed by atoms with Gasteiger partial charge in [0.15, 0.2) is 0 Å². The van der Waals surface area contributed by atoms with Gasteiger partial charge in [-0.3, -0.25) is 0 Å². The smallest absolute Gasteiger partial charge is 0.0528 e. The van der Waals surface area contributed by atoms with Gasteiger partial charge in [0.25, 0.3) is 0 Å². The maximum Gasteiger partial charge on any atom is 0.0528 e. The first-order valence-electron chi connectivity index (χ1n) is 5.04. The van der Waals surface area contributed by atoms with E-state index in [-0.39, 0.29) is 17.4 Å². The van der Waals surface area contributed by atoms with E-state index in [9.17, 15) is 5.11 Å². The van der Waals surface area contributed by atoms with Crippen LogP contribution < -0.4 is 5.73 Å². The summed E-state index contributed by atoms with van der Waals surface area (Å²) in [6.07, 6.45) is 3.65. The molecule has 3 N–H and O–H groups in total. The molecule has 13 heavy (non-hydrogen) atoms. The van der Waals surface area contributed by atoms with Gasteiger partial charge in [-0.1, -0.05) is 0 Å². The number of rotatable bonds is 5. The van der Waals surface area contributed by atoms with Crippen molar-refractivity contribution in [2.24, 2.45) is 22.5 Å². The van der Waals surface area contributed by atoms with Gasteiger partial charge in [-0.2, -0.15) is 0 Å². The molecule has 0 saturated heterocycles. The number of hydrogen-bond donors (Lipinski definition) is 2. The van der Waals surface area contributed by atoms with Crippen molar-refractivity contribution in [3.05, 3.63) is 0 Å². The highest BCUT2D eigenvalue weighted by molar-refractivity contribution is 5.20. The molecule has 2 atom stereocenters. The van der Waals surface area contributed by atoms with Crippen molar-refractivity contribution in [2.45, 2.75) is 19.3 Å². The van der Waals surface area contributed by atoms with Crippen molar-refractivity contribution in [1.82, 2.24) is 0 Å². The molecule has 2 aliphatic carbocycles. The van der Waals surface area contributed by atoms with Crippen molar-refractivity contribution in [1.29, 1.82) is 0 Å². The highest BCUT2D eigenvalue weighted by atomic mass is 16.5. The van der Waals surface area contributed by atoms with E-state index < -0.39 is 0 Å².